The van der Waals surface area contributed by atoms with Crippen LogP contribution in [0.1, 0.15) is 51.8 Å². The zero-order chi connectivity index (χ0) is 27.6. The van der Waals surface area contributed by atoms with Gasteiger partial charge in [0.25, 0.3) is 5.91 Å². The predicted octanol–water partition coefficient (Wildman–Crippen LogP) is 5.22. The molecule has 1 aliphatic carbocycles. The van der Waals surface area contributed by atoms with Gasteiger partial charge in [-0.3, -0.25) is 9.59 Å². The van der Waals surface area contributed by atoms with Gasteiger partial charge in [0.2, 0.25) is 5.91 Å². The van der Waals surface area contributed by atoms with Crippen LogP contribution in [0.15, 0.2) is 84.9 Å². The third-order valence-corrected chi connectivity index (χ3v) is 6.47. The Morgan fingerprint density at radius 2 is 1.67 bits per heavy atom. The van der Waals surface area contributed by atoms with Crippen LogP contribution in [0.25, 0.3) is 5.69 Å². The first-order chi connectivity index (χ1) is 18.7. The molecule has 1 unspecified atom stereocenters. The van der Waals surface area contributed by atoms with Crippen molar-refractivity contribution >= 4 is 17.5 Å². The Kier molecular flexibility index (Phi) is 7.21. The first kappa shape index (κ1) is 26.2. The Labute approximate surface area is 222 Å². The van der Waals surface area contributed by atoms with E-state index in [-0.39, 0.29) is 29.8 Å². The fraction of sp³-hybridized carbons (Fsp3) is 0.207. The maximum Gasteiger partial charge on any atom is 0.435 e. The predicted molar refractivity (Wildman–Crippen MR) is 140 cm³/mol. The molecule has 1 saturated carbocycles. The van der Waals surface area contributed by atoms with Crippen molar-refractivity contribution in [2.45, 2.75) is 31.6 Å². The van der Waals surface area contributed by atoms with E-state index < -0.39 is 23.8 Å². The summed E-state index contributed by atoms with van der Waals surface area (Å²) in [5.41, 5.74) is 7.10. The molecule has 1 atom stereocenters. The number of benzene rings is 3. The average molecular weight is 534 g/mol. The topological polar surface area (TPSA) is 102 Å². The number of rotatable bonds is 8. The molecule has 0 saturated heterocycles. The lowest BCUT2D eigenvalue weighted by atomic mass is 9.98. The van der Waals surface area contributed by atoms with Crippen molar-refractivity contribution < 1.29 is 22.8 Å². The fourth-order valence-electron chi connectivity index (χ4n) is 4.29. The smallest absolute Gasteiger partial charge is 0.345 e. The Morgan fingerprint density at radius 3 is 2.36 bits per heavy atom. The van der Waals surface area contributed by atoms with Crippen LogP contribution in [0, 0.1) is 5.92 Å². The first-order valence-electron chi connectivity index (χ1n) is 12.5. The molecule has 4 aromatic rings. The third kappa shape index (κ3) is 6.01. The van der Waals surface area contributed by atoms with Crippen LogP contribution in [0.2, 0.25) is 0 Å². The van der Waals surface area contributed by atoms with Gasteiger partial charge in [-0.2, -0.15) is 18.3 Å². The molecule has 4 N–H and O–H groups in total. The van der Waals surface area contributed by atoms with E-state index in [0.717, 1.165) is 29.2 Å². The van der Waals surface area contributed by atoms with Crippen molar-refractivity contribution in [3.05, 3.63) is 113 Å². The summed E-state index contributed by atoms with van der Waals surface area (Å²) in [7, 11) is 0. The van der Waals surface area contributed by atoms with Crippen LogP contribution in [0.5, 0.6) is 0 Å². The normalized spacial score (nSPS) is 14.1. The molecule has 7 nitrogen and oxygen atoms in total. The molecular weight excluding hydrogens is 507 g/mol. The van der Waals surface area contributed by atoms with E-state index in [4.69, 9.17) is 5.73 Å². The summed E-state index contributed by atoms with van der Waals surface area (Å²) in [6.45, 7) is 0.176. The number of nitrogens with two attached hydrogens (primary N) is 1. The second-order valence-electron chi connectivity index (χ2n) is 9.40. The lowest BCUT2D eigenvalue weighted by molar-refractivity contribution is -0.141. The van der Waals surface area contributed by atoms with E-state index in [0.29, 0.717) is 16.8 Å². The maximum atomic E-state index is 13.5. The standard InChI is InChI=1S/C29H26F3N5O2/c30-29(31,32)25-16-24(37(36-25)23-11-4-6-18(14-23)17-33)28(39)34-22-10-5-9-21(15-22)26(19-7-2-1-3-8-19)35-27(38)20-12-13-20/h1-11,14-16,20,26H,12-13,17,33H2,(H,34,39)(H,35,38). The molecular formula is C29H26F3N5O2. The largest absolute Gasteiger partial charge is 0.435 e. The number of hydrogen-bond acceptors (Lipinski definition) is 4. The van der Waals surface area contributed by atoms with E-state index in [1.165, 1.54) is 0 Å². The van der Waals surface area contributed by atoms with Crippen molar-refractivity contribution in [1.29, 1.82) is 0 Å². The summed E-state index contributed by atoms with van der Waals surface area (Å²) in [4.78, 5) is 25.9. The molecule has 39 heavy (non-hydrogen) atoms. The number of halogens is 3. The number of alkyl halides is 3. The molecule has 1 aromatic heterocycles. The Bertz CT molecular complexity index is 1500. The van der Waals surface area contributed by atoms with Gasteiger partial charge in [-0.15, -0.1) is 0 Å². The number of aromatic nitrogens is 2. The minimum absolute atomic E-state index is 0.0000128. The van der Waals surface area contributed by atoms with Gasteiger partial charge in [0, 0.05) is 24.2 Å². The highest BCUT2D eigenvalue weighted by Crippen LogP contribution is 2.32. The van der Waals surface area contributed by atoms with Gasteiger partial charge in [0.05, 0.1) is 11.7 Å². The second-order valence-corrected chi connectivity index (χ2v) is 9.40. The third-order valence-electron chi connectivity index (χ3n) is 6.47. The highest BCUT2D eigenvalue weighted by molar-refractivity contribution is 6.03. The van der Waals surface area contributed by atoms with E-state index in [1.54, 1.807) is 42.5 Å². The Hall–Kier alpha value is -4.44. The summed E-state index contributed by atoms with van der Waals surface area (Å²) in [6, 6.07) is 23.0. The first-order valence-corrected chi connectivity index (χ1v) is 12.5. The summed E-state index contributed by atoms with van der Waals surface area (Å²) < 4.78 is 41.6. The molecule has 0 aliphatic heterocycles. The van der Waals surface area contributed by atoms with Crippen molar-refractivity contribution in [2.75, 3.05) is 5.32 Å². The van der Waals surface area contributed by atoms with Crippen LogP contribution < -0.4 is 16.4 Å². The van der Waals surface area contributed by atoms with E-state index >= 15 is 0 Å². The maximum absolute atomic E-state index is 13.5. The summed E-state index contributed by atoms with van der Waals surface area (Å²) in [5.74, 6) is -0.812. The molecule has 5 rings (SSSR count). The van der Waals surface area contributed by atoms with Gasteiger partial charge in [0.15, 0.2) is 5.69 Å². The summed E-state index contributed by atoms with van der Waals surface area (Å²) in [6.07, 6.45) is -3.04. The zero-order valence-electron chi connectivity index (χ0n) is 20.8. The highest BCUT2D eigenvalue weighted by atomic mass is 19.4. The van der Waals surface area contributed by atoms with Gasteiger partial charge in [-0.05, 0) is 53.8 Å². The van der Waals surface area contributed by atoms with Gasteiger partial charge < -0.3 is 16.4 Å². The highest BCUT2D eigenvalue weighted by Gasteiger charge is 2.36. The molecule has 0 radical (unpaired) electrons. The molecule has 1 aliphatic rings. The van der Waals surface area contributed by atoms with Gasteiger partial charge >= 0.3 is 6.18 Å². The van der Waals surface area contributed by atoms with Crippen LogP contribution in [-0.4, -0.2) is 21.6 Å². The number of nitrogens with zero attached hydrogens (tertiary/aromatic N) is 2. The molecule has 1 fully saturated rings. The Morgan fingerprint density at radius 1 is 0.949 bits per heavy atom. The Balaban J connectivity index is 1.46. The van der Waals surface area contributed by atoms with Crippen molar-refractivity contribution in [1.82, 2.24) is 15.1 Å². The minimum Gasteiger partial charge on any atom is -0.345 e. The SMILES string of the molecule is NCc1cccc(-n2nc(C(F)(F)F)cc2C(=O)Nc2cccc(C(NC(=O)C3CC3)c3ccccc3)c2)c1. The zero-order valence-corrected chi connectivity index (χ0v) is 20.8. The van der Waals surface area contributed by atoms with Gasteiger partial charge in [-0.1, -0.05) is 54.6 Å². The van der Waals surface area contributed by atoms with Crippen molar-refractivity contribution in [2.24, 2.45) is 11.7 Å². The number of carbonyl (C=O) groups is 2. The number of anilines is 1. The summed E-state index contributed by atoms with van der Waals surface area (Å²) >= 11 is 0. The second kappa shape index (κ2) is 10.7. The van der Waals surface area contributed by atoms with Crippen LogP contribution in [-0.2, 0) is 17.5 Å². The lowest BCUT2D eigenvalue weighted by Gasteiger charge is -2.21. The molecule has 0 spiro atoms. The van der Waals surface area contributed by atoms with E-state index in [9.17, 15) is 22.8 Å². The van der Waals surface area contributed by atoms with Gasteiger partial charge in [-0.25, -0.2) is 4.68 Å². The van der Waals surface area contributed by atoms with Crippen molar-refractivity contribution in [3.8, 4) is 5.69 Å². The molecule has 10 heteroatoms. The van der Waals surface area contributed by atoms with Crippen molar-refractivity contribution in [3.63, 3.8) is 0 Å². The van der Waals surface area contributed by atoms with Crippen LogP contribution >= 0.6 is 0 Å². The molecule has 2 amide bonds. The van der Waals surface area contributed by atoms with E-state index in [2.05, 4.69) is 15.7 Å². The number of hydrogen-bond donors (Lipinski definition) is 3. The van der Waals surface area contributed by atoms with E-state index in [1.807, 2.05) is 36.4 Å². The molecule has 200 valence electrons. The summed E-state index contributed by atoms with van der Waals surface area (Å²) in [5, 5.41) is 9.45. The molecule has 0 bridgehead atoms. The van der Waals surface area contributed by atoms with Crippen LogP contribution in [0.3, 0.4) is 0 Å². The number of carbonyl (C=O) groups excluding carboxylic acids is 2. The quantitative estimate of drug-likeness (QED) is 0.289. The lowest BCUT2D eigenvalue weighted by Crippen LogP contribution is -2.30. The minimum atomic E-state index is -4.74. The molecule has 3 aromatic carbocycles. The van der Waals surface area contributed by atoms with Crippen LogP contribution in [0.4, 0.5) is 18.9 Å². The average Bonchev–Trinajstić information content (AvgIpc) is 3.69. The molecule has 1 heterocycles. The fourth-order valence-corrected chi connectivity index (χ4v) is 4.29. The number of amides is 2. The van der Waals surface area contributed by atoms with Gasteiger partial charge in [0.1, 0.15) is 5.69 Å². The number of nitrogens with one attached hydrogen (secondary N) is 2. The monoisotopic (exact) mass is 533 g/mol.